The topological polar surface area (TPSA) is 73.2 Å². The van der Waals surface area contributed by atoms with E-state index in [1.165, 1.54) is 16.7 Å². The van der Waals surface area contributed by atoms with Gasteiger partial charge in [-0.2, -0.15) is 11.8 Å². The van der Waals surface area contributed by atoms with E-state index in [1.54, 1.807) is 11.8 Å². The first kappa shape index (κ1) is 35.2. The van der Waals surface area contributed by atoms with Crippen LogP contribution in [0.15, 0.2) is 103 Å². The Morgan fingerprint density at radius 3 is 2.44 bits per heavy atom. The number of fused-ring (bicyclic) bond motifs is 1. The molecule has 5 aromatic rings. The van der Waals surface area contributed by atoms with Crippen LogP contribution in [0, 0.1) is 0 Å². The number of carbonyl (C=O) groups excluding carboxylic acids is 1. The fourth-order valence-corrected chi connectivity index (χ4v) is 7.10. The van der Waals surface area contributed by atoms with E-state index in [2.05, 4.69) is 72.8 Å². The zero-order valence-electron chi connectivity index (χ0n) is 25.9. The van der Waals surface area contributed by atoms with Gasteiger partial charge in [-0.1, -0.05) is 96.5 Å². The molecule has 2 unspecified atom stereocenters. The summed E-state index contributed by atoms with van der Waals surface area (Å²) < 4.78 is 0. The van der Waals surface area contributed by atoms with Crippen molar-refractivity contribution in [2.75, 3.05) is 5.75 Å². The van der Waals surface area contributed by atoms with E-state index in [9.17, 15) is 15.0 Å². The number of carbonyl (C=O) groups is 1. The second-order valence-electron chi connectivity index (χ2n) is 11.3. The average Bonchev–Trinajstić information content (AvgIpc) is 3.02. The van der Waals surface area contributed by atoms with Crippen LogP contribution in [0.2, 0.25) is 5.02 Å². The first-order valence-corrected chi connectivity index (χ1v) is 16.6. The molecule has 4 aromatic carbocycles. The molecule has 0 aliphatic carbocycles. The number of carboxylic acids is 1. The van der Waals surface area contributed by atoms with Gasteiger partial charge < -0.3 is 15.0 Å². The number of hydrogen-bond acceptors (Lipinski definition) is 5. The summed E-state index contributed by atoms with van der Waals surface area (Å²) >= 11 is 7.87. The number of aromatic nitrogens is 1. The number of pyridine rings is 1. The number of benzene rings is 4. The Kier molecular flexibility index (Phi) is 13.6. The predicted octanol–water partition coefficient (Wildman–Crippen LogP) is 4.81. The summed E-state index contributed by atoms with van der Waals surface area (Å²) in [4.78, 5) is 16.1. The summed E-state index contributed by atoms with van der Waals surface area (Å²) in [5.41, 5.74) is 9.08. The molecule has 4 nitrogen and oxygen atoms in total. The molecule has 0 saturated carbocycles. The number of aryl methyl sites for hydroxylation is 3. The molecule has 0 fully saturated rings. The van der Waals surface area contributed by atoms with Gasteiger partial charge in [0, 0.05) is 27.3 Å². The first-order chi connectivity index (χ1) is 21.4. The minimum atomic E-state index is -1.02. The Morgan fingerprint density at radius 2 is 1.64 bits per heavy atom. The van der Waals surface area contributed by atoms with Gasteiger partial charge in [-0.05, 0) is 103 Å². The van der Waals surface area contributed by atoms with Gasteiger partial charge in [0.05, 0.1) is 11.6 Å². The smallest absolute Gasteiger partial charge is 0.550 e. The van der Waals surface area contributed by atoms with Crippen molar-refractivity contribution in [3.8, 4) is 11.1 Å². The third kappa shape index (κ3) is 10.2. The van der Waals surface area contributed by atoms with Gasteiger partial charge in [-0.15, -0.1) is 0 Å². The number of thioether (sulfide) groups is 1. The van der Waals surface area contributed by atoms with Crippen LogP contribution in [-0.4, -0.2) is 27.9 Å². The van der Waals surface area contributed by atoms with Crippen molar-refractivity contribution in [3.05, 3.63) is 136 Å². The van der Waals surface area contributed by atoms with Crippen LogP contribution in [-0.2, 0) is 30.5 Å². The number of aliphatic carboxylic acids is 1. The van der Waals surface area contributed by atoms with E-state index in [4.69, 9.17) is 16.6 Å². The van der Waals surface area contributed by atoms with Crippen molar-refractivity contribution < 1.29 is 44.6 Å². The summed E-state index contributed by atoms with van der Waals surface area (Å²) in [5, 5.41) is 23.1. The fourth-order valence-electron chi connectivity index (χ4n) is 5.70. The van der Waals surface area contributed by atoms with Crippen LogP contribution >= 0.6 is 23.4 Å². The third-order valence-electron chi connectivity index (χ3n) is 7.86. The molecule has 0 saturated heterocycles. The zero-order valence-corrected chi connectivity index (χ0v) is 29.5. The number of hydrogen-bond donors (Lipinski definition) is 1. The minimum Gasteiger partial charge on any atom is -0.550 e. The average molecular weight is 646 g/mol. The Labute approximate surface area is 297 Å². The number of halogens is 1. The number of nitrogens with zero attached hydrogens (tertiary/aromatic N) is 1. The largest absolute Gasteiger partial charge is 1.00 e. The molecule has 2 atom stereocenters. The molecular weight excluding hydrogens is 609 g/mol. The van der Waals surface area contributed by atoms with Crippen molar-refractivity contribution >= 4 is 40.2 Å². The van der Waals surface area contributed by atoms with Gasteiger partial charge in [0.2, 0.25) is 0 Å². The second-order valence-corrected chi connectivity index (χ2v) is 13.0. The fraction of sp³-hybridized carbons (Fsp3) is 0.263. The second kappa shape index (κ2) is 17.3. The summed E-state index contributed by atoms with van der Waals surface area (Å²) in [5.74, 6) is -0.538. The summed E-state index contributed by atoms with van der Waals surface area (Å²) in [6, 6.07) is 35.4. The van der Waals surface area contributed by atoms with Crippen molar-refractivity contribution in [2.45, 2.75) is 56.8 Å². The Balaban J connectivity index is 0.00000461. The molecule has 0 aliphatic heterocycles. The maximum Gasteiger partial charge on any atom is 1.00 e. The molecule has 45 heavy (non-hydrogen) atoms. The maximum atomic E-state index is 11.3. The van der Waals surface area contributed by atoms with Gasteiger partial charge in [0.1, 0.15) is 0 Å². The molecule has 226 valence electrons. The summed E-state index contributed by atoms with van der Waals surface area (Å²) in [7, 11) is 0. The van der Waals surface area contributed by atoms with Crippen molar-refractivity contribution in [1.82, 2.24) is 4.98 Å². The summed E-state index contributed by atoms with van der Waals surface area (Å²) in [6.45, 7) is 1.81. The van der Waals surface area contributed by atoms with Crippen LogP contribution in [0.1, 0.15) is 53.0 Å². The van der Waals surface area contributed by atoms with Crippen LogP contribution < -0.4 is 34.7 Å². The van der Waals surface area contributed by atoms with Crippen molar-refractivity contribution in [3.63, 3.8) is 0 Å². The minimum absolute atomic E-state index is 0. The molecule has 0 aliphatic rings. The molecule has 0 bridgehead atoms. The van der Waals surface area contributed by atoms with Gasteiger partial charge in [-0.25, -0.2) is 0 Å². The SMILES string of the molecule is CC(O)Cc1ccccc1CCC(SCCC(=O)[O-])c1ccccc1-c1cccc(CCc2ccc3ccc(Cl)cc3n2)c1.[Na+]. The van der Waals surface area contributed by atoms with E-state index in [0.717, 1.165) is 59.0 Å². The van der Waals surface area contributed by atoms with Gasteiger partial charge in [0.15, 0.2) is 0 Å². The Morgan fingerprint density at radius 1 is 0.889 bits per heavy atom. The van der Waals surface area contributed by atoms with Crippen molar-refractivity contribution in [2.24, 2.45) is 0 Å². The zero-order chi connectivity index (χ0) is 30.9. The standard InChI is InChI=1S/C38H38ClNO3S.Na/c1-26(41)23-30-9-3-2-8-28(30)16-20-37(44-22-21-38(42)43)35-12-5-4-11-34(35)31-10-6-7-27(24-31)13-18-33-19-15-29-14-17-32(39)25-36(29)40-33;/h2-12,14-15,17,19,24-26,37,41H,13,16,18,20-23H2,1H3,(H,42,43);/q;+1/p-1. The maximum absolute atomic E-state index is 11.3. The summed E-state index contributed by atoms with van der Waals surface area (Å²) in [6.07, 6.45) is 3.59. The number of rotatable bonds is 14. The van der Waals surface area contributed by atoms with Crippen LogP contribution in [0.25, 0.3) is 22.0 Å². The molecule has 1 heterocycles. The van der Waals surface area contributed by atoms with E-state index >= 15 is 0 Å². The van der Waals surface area contributed by atoms with E-state index in [0.29, 0.717) is 17.2 Å². The molecule has 5 rings (SSSR count). The van der Waals surface area contributed by atoms with Gasteiger partial charge >= 0.3 is 29.6 Å². The van der Waals surface area contributed by atoms with Crippen LogP contribution in [0.4, 0.5) is 0 Å². The molecule has 1 N–H and O–H groups in total. The van der Waals surface area contributed by atoms with Crippen LogP contribution in [0.3, 0.4) is 0 Å². The molecule has 0 amide bonds. The van der Waals surface area contributed by atoms with E-state index in [-0.39, 0.29) is 41.2 Å². The predicted molar refractivity (Wildman–Crippen MR) is 181 cm³/mol. The number of aliphatic hydroxyl groups is 1. The molecule has 0 spiro atoms. The van der Waals surface area contributed by atoms with Crippen molar-refractivity contribution in [1.29, 1.82) is 0 Å². The van der Waals surface area contributed by atoms with Gasteiger partial charge in [-0.3, -0.25) is 4.98 Å². The molecule has 0 radical (unpaired) electrons. The van der Waals surface area contributed by atoms with E-state index < -0.39 is 12.1 Å². The third-order valence-corrected chi connectivity index (χ3v) is 9.43. The Bertz CT molecular complexity index is 1730. The Hall–Kier alpha value is -2.64. The molecular formula is C38H37ClNNaO3S. The molecule has 7 heteroatoms. The monoisotopic (exact) mass is 645 g/mol. The quantitative estimate of drug-likeness (QED) is 0.176. The normalized spacial score (nSPS) is 12.4. The van der Waals surface area contributed by atoms with E-state index in [1.807, 2.05) is 37.3 Å². The number of carboxylic acid groups (broad SMARTS) is 1. The first-order valence-electron chi connectivity index (χ1n) is 15.2. The number of aliphatic hydroxyl groups excluding tert-OH is 1. The van der Waals surface area contributed by atoms with Gasteiger partial charge in [0.25, 0.3) is 0 Å². The van der Waals surface area contributed by atoms with Crippen LogP contribution in [0.5, 0.6) is 0 Å². The molecule has 1 aromatic heterocycles.